The molecule has 180 valence electrons. The average molecular weight is 479 g/mol. The SMILES string of the molecule is CC(C)CC(=O)c1cn(CCCN2C3CCC2CC(Oc2ccc(Cl)cc2)C3)c2ccccc12. The minimum atomic E-state index is 0.255. The van der Waals surface area contributed by atoms with Crippen LogP contribution in [-0.2, 0) is 6.54 Å². The summed E-state index contributed by atoms with van der Waals surface area (Å²) in [4.78, 5) is 15.6. The Bertz CT molecular complexity index is 1120. The first-order valence-electron chi connectivity index (χ1n) is 12.8. The van der Waals surface area contributed by atoms with Gasteiger partial charge >= 0.3 is 0 Å². The molecule has 2 bridgehead atoms. The summed E-state index contributed by atoms with van der Waals surface area (Å²) in [6.45, 7) is 6.25. The standard InChI is InChI=1S/C29H35ClN2O2/c1-20(2)16-29(33)27-19-31(28-7-4-3-6-26(27)28)14-5-15-32-22-10-11-23(32)18-25(17-22)34-24-12-8-21(30)9-13-24/h3-4,6-9,12-13,19-20,22-23,25H,5,10-11,14-18H2,1-2H3. The summed E-state index contributed by atoms with van der Waals surface area (Å²) >= 11 is 6.01. The van der Waals surface area contributed by atoms with Gasteiger partial charge in [-0.1, -0.05) is 43.6 Å². The van der Waals surface area contributed by atoms with Crippen LogP contribution in [0.4, 0.5) is 0 Å². The zero-order chi connectivity index (χ0) is 23.7. The van der Waals surface area contributed by atoms with E-state index in [9.17, 15) is 4.79 Å². The summed E-state index contributed by atoms with van der Waals surface area (Å²) in [5.41, 5.74) is 2.05. The Morgan fingerprint density at radius 1 is 1.03 bits per heavy atom. The van der Waals surface area contributed by atoms with E-state index >= 15 is 0 Å². The molecule has 2 atom stereocenters. The molecular formula is C29H35ClN2O2. The summed E-state index contributed by atoms with van der Waals surface area (Å²) in [5.74, 6) is 1.55. The van der Waals surface area contributed by atoms with E-state index in [1.807, 2.05) is 30.3 Å². The summed E-state index contributed by atoms with van der Waals surface area (Å²) in [7, 11) is 0. The third-order valence-corrected chi connectivity index (χ3v) is 7.71. The summed E-state index contributed by atoms with van der Waals surface area (Å²) in [6, 6.07) is 17.3. The van der Waals surface area contributed by atoms with Gasteiger partial charge in [0.1, 0.15) is 11.9 Å². The largest absolute Gasteiger partial charge is 0.490 e. The number of aryl methyl sites for hydroxylation is 1. The molecule has 0 spiro atoms. The maximum atomic E-state index is 12.8. The number of nitrogens with zero attached hydrogens (tertiary/aromatic N) is 2. The maximum Gasteiger partial charge on any atom is 0.165 e. The fourth-order valence-corrected chi connectivity index (χ4v) is 6.08. The number of benzene rings is 2. The van der Waals surface area contributed by atoms with Gasteiger partial charge in [0, 0.05) is 59.3 Å². The molecule has 34 heavy (non-hydrogen) atoms. The van der Waals surface area contributed by atoms with Crippen molar-refractivity contribution in [2.75, 3.05) is 6.54 Å². The van der Waals surface area contributed by atoms with Crippen molar-refractivity contribution in [3.05, 3.63) is 65.3 Å². The molecule has 4 nitrogen and oxygen atoms in total. The Balaban J connectivity index is 1.20. The van der Waals surface area contributed by atoms with Crippen LogP contribution in [0.15, 0.2) is 54.7 Å². The fourth-order valence-electron chi connectivity index (χ4n) is 5.95. The van der Waals surface area contributed by atoms with Gasteiger partial charge in [-0.05, 0) is 68.4 Å². The van der Waals surface area contributed by atoms with Crippen LogP contribution < -0.4 is 4.74 Å². The van der Waals surface area contributed by atoms with Gasteiger partial charge in [0.2, 0.25) is 0 Å². The molecule has 0 amide bonds. The highest BCUT2D eigenvalue weighted by atomic mass is 35.5. The van der Waals surface area contributed by atoms with E-state index in [4.69, 9.17) is 16.3 Å². The van der Waals surface area contributed by atoms with Crippen LogP contribution in [0.2, 0.25) is 5.02 Å². The van der Waals surface area contributed by atoms with Crippen molar-refractivity contribution in [2.24, 2.45) is 5.92 Å². The number of carbonyl (C=O) groups excluding carboxylic acids is 1. The number of rotatable bonds is 9. The Labute approximate surface area is 207 Å². The number of para-hydroxylation sites is 1. The van der Waals surface area contributed by atoms with Crippen LogP contribution in [0.1, 0.15) is 62.7 Å². The lowest BCUT2D eigenvalue weighted by atomic mass is 9.99. The summed E-state index contributed by atoms with van der Waals surface area (Å²) in [5, 5.41) is 1.84. The quantitative estimate of drug-likeness (QED) is 0.311. The smallest absolute Gasteiger partial charge is 0.165 e. The van der Waals surface area contributed by atoms with Crippen molar-refractivity contribution in [1.82, 2.24) is 9.47 Å². The molecule has 5 rings (SSSR count). The zero-order valence-corrected chi connectivity index (χ0v) is 21.0. The molecule has 0 saturated carbocycles. The van der Waals surface area contributed by atoms with Gasteiger partial charge < -0.3 is 9.30 Å². The lowest BCUT2D eigenvalue weighted by Crippen LogP contribution is -2.46. The molecule has 2 aliphatic rings. The van der Waals surface area contributed by atoms with Gasteiger partial charge in [0.15, 0.2) is 5.78 Å². The molecule has 1 aromatic heterocycles. The van der Waals surface area contributed by atoms with Crippen molar-refractivity contribution >= 4 is 28.3 Å². The highest BCUT2D eigenvalue weighted by Crippen LogP contribution is 2.37. The van der Waals surface area contributed by atoms with Crippen molar-refractivity contribution in [3.8, 4) is 5.75 Å². The number of carbonyl (C=O) groups is 1. The lowest BCUT2D eigenvalue weighted by Gasteiger charge is -2.39. The third-order valence-electron chi connectivity index (χ3n) is 7.46. The van der Waals surface area contributed by atoms with E-state index in [2.05, 4.69) is 47.7 Å². The van der Waals surface area contributed by atoms with Crippen LogP contribution in [0.25, 0.3) is 10.9 Å². The van der Waals surface area contributed by atoms with Gasteiger partial charge in [0.25, 0.3) is 0 Å². The predicted octanol–water partition coefficient (Wildman–Crippen LogP) is 6.99. The highest BCUT2D eigenvalue weighted by Gasteiger charge is 2.41. The van der Waals surface area contributed by atoms with E-state index in [-0.39, 0.29) is 11.9 Å². The molecule has 2 saturated heterocycles. The van der Waals surface area contributed by atoms with Crippen LogP contribution in [-0.4, -0.2) is 40.0 Å². The monoisotopic (exact) mass is 478 g/mol. The first kappa shape index (κ1) is 23.4. The molecule has 2 aliphatic heterocycles. The minimum Gasteiger partial charge on any atom is -0.490 e. The van der Waals surface area contributed by atoms with Crippen LogP contribution >= 0.6 is 11.6 Å². The normalized spacial score (nSPS) is 22.5. The molecule has 2 unspecified atom stereocenters. The first-order chi connectivity index (χ1) is 16.5. The predicted molar refractivity (Wildman–Crippen MR) is 139 cm³/mol. The number of piperidine rings is 1. The number of hydrogen-bond acceptors (Lipinski definition) is 3. The maximum absolute atomic E-state index is 12.8. The van der Waals surface area contributed by atoms with Crippen molar-refractivity contribution in [1.29, 1.82) is 0 Å². The molecule has 0 aliphatic carbocycles. The van der Waals surface area contributed by atoms with E-state index in [1.165, 1.54) is 18.4 Å². The first-order valence-corrected chi connectivity index (χ1v) is 13.1. The van der Waals surface area contributed by atoms with E-state index in [0.29, 0.717) is 24.4 Å². The van der Waals surface area contributed by atoms with Gasteiger partial charge in [-0.25, -0.2) is 0 Å². The molecule has 2 fully saturated rings. The molecule has 0 N–H and O–H groups in total. The fraction of sp³-hybridized carbons (Fsp3) is 0.483. The van der Waals surface area contributed by atoms with Gasteiger partial charge in [-0.2, -0.15) is 0 Å². The van der Waals surface area contributed by atoms with Gasteiger partial charge in [0.05, 0.1) is 0 Å². The molecule has 3 aromatic rings. The number of ketones is 1. The number of ether oxygens (including phenoxy) is 1. The molecule has 5 heteroatoms. The van der Waals surface area contributed by atoms with Crippen molar-refractivity contribution in [3.63, 3.8) is 0 Å². The highest BCUT2D eigenvalue weighted by molar-refractivity contribution is 6.30. The molecule has 2 aromatic carbocycles. The summed E-state index contributed by atoms with van der Waals surface area (Å²) in [6.07, 6.45) is 8.81. The number of Topliss-reactive ketones (excluding diaryl/α,β-unsaturated/α-hetero) is 1. The van der Waals surface area contributed by atoms with Gasteiger partial charge in [-0.15, -0.1) is 0 Å². The number of aromatic nitrogens is 1. The number of halogens is 1. The van der Waals surface area contributed by atoms with E-state index in [0.717, 1.165) is 54.1 Å². The Kier molecular flexibility index (Phi) is 6.99. The number of hydrogen-bond donors (Lipinski definition) is 0. The molecular weight excluding hydrogens is 444 g/mol. The molecule has 0 radical (unpaired) electrons. The van der Waals surface area contributed by atoms with Crippen LogP contribution in [0, 0.1) is 5.92 Å². The minimum absolute atomic E-state index is 0.255. The third kappa shape index (κ3) is 5.04. The second-order valence-corrected chi connectivity index (χ2v) is 10.9. The van der Waals surface area contributed by atoms with Crippen LogP contribution in [0.3, 0.4) is 0 Å². The second kappa shape index (κ2) is 10.1. The molecule has 3 heterocycles. The topological polar surface area (TPSA) is 34.5 Å². The van der Waals surface area contributed by atoms with Crippen molar-refractivity contribution < 1.29 is 9.53 Å². The number of fused-ring (bicyclic) bond motifs is 3. The second-order valence-electron chi connectivity index (χ2n) is 10.4. The van der Waals surface area contributed by atoms with E-state index in [1.54, 1.807) is 0 Å². The van der Waals surface area contributed by atoms with Crippen molar-refractivity contribution in [2.45, 2.75) is 77.1 Å². The van der Waals surface area contributed by atoms with Gasteiger partial charge in [-0.3, -0.25) is 9.69 Å². The Hall–Kier alpha value is -2.30. The van der Waals surface area contributed by atoms with Crippen LogP contribution in [0.5, 0.6) is 5.75 Å². The lowest BCUT2D eigenvalue weighted by molar-refractivity contribution is 0.0482. The zero-order valence-electron chi connectivity index (χ0n) is 20.3. The Morgan fingerprint density at radius 2 is 1.74 bits per heavy atom. The Morgan fingerprint density at radius 3 is 2.44 bits per heavy atom. The summed E-state index contributed by atoms with van der Waals surface area (Å²) < 4.78 is 8.59. The average Bonchev–Trinajstić information content (AvgIpc) is 3.29. The van der Waals surface area contributed by atoms with E-state index < -0.39 is 0 Å².